The van der Waals surface area contributed by atoms with Crippen LogP contribution in [-0.2, 0) is 15.1 Å². The Bertz CT molecular complexity index is 701. The summed E-state index contributed by atoms with van der Waals surface area (Å²) < 4.78 is 0. The predicted octanol–water partition coefficient (Wildman–Crippen LogP) is 3.19. The van der Waals surface area contributed by atoms with E-state index in [-0.39, 0.29) is 24.4 Å². The highest BCUT2D eigenvalue weighted by atomic mass is 16.2. The molecule has 0 aromatic heterocycles. The molecule has 4 amide bonds. The number of benzene rings is 1. The van der Waals surface area contributed by atoms with Crippen molar-refractivity contribution in [2.75, 3.05) is 13.1 Å². The molecule has 1 aliphatic rings. The van der Waals surface area contributed by atoms with Crippen molar-refractivity contribution in [3.8, 4) is 0 Å². The first kappa shape index (κ1) is 20.9. The van der Waals surface area contributed by atoms with Gasteiger partial charge < -0.3 is 10.2 Å². The number of rotatable bonds is 8. The maximum absolute atomic E-state index is 13.0. The Kier molecular flexibility index (Phi) is 6.63. The Balaban J connectivity index is 2.18. The van der Waals surface area contributed by atoms with Crippen LogP contribution in [0, 0.1) is 6.92 Å². The van der Waals surface area contributed by atoms with Gasteiger partial charge in [-0.05, 0) is 39.2 Å². The second-order valence-electron chi connectivity index (χ2n) is 7.51. The Hall–Kier alpha value is -2.37. The first-order valence-corrected chi connectivity index (χ1v) is 9.75. The van der Waals surface area contributed by atoms with E-state index in [1.807, 2.05) is 45.0 Å². The van der Waals surface area contributed by atoms with Gasteiger partial charge in [-0.2, -0.15) is 0 Å². The molecule has 27 heavy (non-hydrogen) atoms. The van der Waals surface area contributed by atoms with Crippen LogP contribution in [0.2, 0.25) is 0 Å². The van der Waals surface area contributed by atoms with E-state index < -0.39 is 11.6 Å². The number of amides is 4. The largest absolute Gasteiger partial charge is 0.338 e. The number of carbonyl (C=O) groups is 3. The lowest BCUT2D eigenvalue weighted by Crippen LogP contribution is -2.47. The number of carbonyl (C=O) groups excluding carboxylic acids is 3. The first-order chi connectivity index (χ1) is 12.7. The van der Waals surface area contributed by atoms with E-state index in [2.05, 4.69) is 12.2 Å². The van der Waals surface area contributed by atoms with Crippen molar-refractivity contribution >= 4 is 17.8 Å². The number of hydrogen-bond donors (Lipinski definition) is 1. The van der Waals surface area contributed by atoms with Crippen LogP contribution in [-0.4, -0.2) is 46.8 Å². The van der Waals surface area contributed by atoms with E-state index in [0.717, 1.165) is 29.7 Å². The van der Waals surface area contributed by atoms with Gasteiger partial charge in [-0.3, -0.25) is 14.5 Å². The molecule has 148 valence electrons. The lowest BCUT2D eigenvalue weighted by molar-refractivity contribution is -0.140. The van der Waals surface area contributed by atoms with E-state index in [1.165, 1.54) is 0 Å². The summed E-state index contributed by atoms with van der Waals surface area (Å²) in [5.74, 6) is -0.571. The van der Waals surface area contributed by atoms with Crippen molar-refractivity contribution in [1.29, 1.82) is 0 Å². The lowest BCUT2D eigenvalue weighted by atomic mass is 9.91. The Labute approximate surface area is 161 Å². The molecule has 6 heteroatoms. The minimum absolute atomic E-state index is 0.0771. The zero-order valence-corrected chi connectivity index (χ0v) is 17.0. The highest BCUT2D eigenvalue weighted by molar-refractivity contribution is 6.09. The third kappa shape index (κ3) is 4.31. The predicted molar refractivity (Wildman–Crippen MR) is 105 cm³/mol. The number of aryl methyl sites for hydroxylation is 1. The van der Waals surface area contributed by atoms with Crippen LogP contribution in [0.3, 0.4) is 0 Å². The molecule has 0 unspecified atom stereocenters. The number of imide groups is 1. The molecule has 1 aromatic carbocycles. The van der Waals surface area contributed by atoms with E-state index in [0.29, 0.717) is 12.1 Å². The summed E-state index contributed by atoms with van der Waals surface area (Å²) in [6, 6.07) is 7.05. The monoisotopic (exact) mass is 373 g/mol. The molecule has 0 bridgehead atoms. The number of nitrogens with zero attached hydrogens (tertiary/aromatic N) is 2. The summed E-state index contributed by atoms with van der Waals surface area (Å²) >= 11 is 0. The van der Waals surface area contributed by atoms with Crippen molar-refractivity contribution in [1.82, 2.24) is 15.1 Å². The van der Waals surface area contributed by atoms with E-state index >= 15 is 0 Å². The standard InChI is InChI=1S/C21H31N3O3/c1-6-8-13-23(16(4)7-2)18(25)14-24-19(26)21(5,22-20(24)27)17-11-9-15(3)10-12-17/h9-12,16H,6-8,13-14H2,1-5H3,(H,22,27)/t16-,21-/m0/s1. The molecule has 2 atom stereocenters. The number of nitrogens with one attached hydrogen (secondary N) is 1. The number of urea groups is 1. The summed E-state index contributed by atoms with van der Waals surface area (Å²) in [6.45, 7) is 10.2. The SMILES string of the molecule is CCCCN(C(=O)CN1C(=O)N[C@@](C)(c2ccc(C)cc2)C1=O)[C@@H](C)CC. The van der Waals surface area contributed by atoms with Gasteiger partial charge in [-0.15, -0.1) is 0 Å². The molecule has 6 nitrogen and oxygen atoms in total. The second kappa shape index (κ2) is 8.55. The zero-order chi connectivity index (χ0) is 20.2. The van der Waals surface area contributed by atoms with E-state index in [4.69, 9.17) is 0 Å². The molecule has 0 aliphatic carbocycles. The highest BCUT2D eigenvalue weighted by Crippen LogP contribution is 2.29. The summed E-state index contributed by atoms with van der Waals surface area (Å²) in [5.41, 5.74) is 0.646. The molecule has 0 spiro atoms. The molecule has 1 N–H and O–H groups in total. The van der Waals surface area contributed by atoms with Crippen molar-refractivity contribution in [2.45, 2.75) is 65.5 Å². The molecule has 1 aliphatic heterocycles. The summed E-state index contributed by atoms with van der Waals surface area (Å²) in [7, 11) is 0. The van der Waals surface area contributed by atoms with Crippen LogP contribution in [0.4, 0.5) is 4.79 Å². The van der Waals surface area contributed by atoms with E-state index in [9.17, 15) is 14.4 Å². The second-order valence-corrected chi connectivity index (χ2v) is 7.51. The van der Waals surface area contributed by atoms with Gasteiger partial charge in [0.1, 0.15) is 12.1 Å². The highest BCUT2D eigenvalue weighted by Gasteiger charge is 2.49. The van der Waals surface area contributed by atoms with Crippen molar-refractivity contribution in [2.24, 2.45) is 0 Å². The smallest absolute Gasteiger partial charge is 0.325 e. The fourth-order valence-corrected chi connectivity index (χ4v) is 3.29. The molecule has 0 saturated carbocycles. The average molecular weight is 373 g/mol. The summed E-state index contributed by atoms with van der Waals surface area (Å²) in [5, 5.41) is 2.76. The van der Waals surface area contributed by atoms with Crippen LogP contribution in [0.5, 0.6) is 0 Å². The van der Waals surface area contributed by atoms with Gasteiger partial charge in [-0.25, -0.2) is 4.79 Å². The molecule has 1 fully saturated rings. The van der Waals surface area contributed by atoms with E-state index in [1.54, 1.807) is 11.8 Å². The van der Waals surface area contributed by atoms with Gasteiger partial charge in [-0.1, -0.05) is 50.1 Å². The van der Waals surface area contributed by atoms with Gasteiger partial charge in [0.05, 0.1) is 0 Å². The normalized spacial score (nSPS) is 20.6. The van der Waals surface area contributed by atoms with Crippen molar-refractivity contribution in [3.05, 3.63) is 35.4 Å². The molecular formula is C21H31N3O3. The Morgan fingerprint density at radius 2 is 1.85 bits per heavy atom. The minimum Gasteiger partial charge on any atom is -0.338 e. The molecule has 1 aromatic rings. The quantitative estimate of drug-likeness (QED) is 0.712. The number of unbranched alkanes of at least 4 members (excludes halogenated alkanes) is 1. The maximum Gasteiger partial charge on any atom is 0.325 e. The Morgan fingerprint density at radius 3 is 2.41 bits per heavy atom. The lowest BCUT2D eigenvalue weighted by Gasteiger charge is -2.30. The molecule has 2 rings (SSSR count). The third-order valence-electron chi connectivity index (χ3n) is 5.39. The molecule has 0 radical (unpaired) electrons. The van der Waals surface area contributed by atoms with Gasteiger partial charge in [0.15, 0.2) is 0 Å². The van der Waals surface area contributed by atoms with Gasteiger partial charge in [0.2, 0.25) is 5.91 Å². The van der Waals surface area contributed by atoms with Gasteiger partial charge >= 0.3 is 6.03 Å². The van der Waals surface area contributed by atoms with Crippen LogP contribution >= 0.6 is 0 Å². The first-order valence-electron chi connectivity index (χ1n) is 9.75. The molecule has 1 heterocycles. The van der Waals surface area contributed by atoms with Crippen LogP contribution < -0.4 is 5.32 Å². The Morgan fingerprint density at radius 1 is 1.22 bits per heavy atom. The van der Waals surface area contributed by atoms with Crippen LogP contribution in [0.1, 0.15) is 58.1 Å². The van der Waals surface area contributed by atoms with Crippen molar-refractivity contribution in [3.63, 3.8) is 0 Å². The van der Waals surface area contributed by atoms with Crippen LogP contribution in [0.25, 0.3) is 0 Å². The fraction of sp³-hybridized carbons (Fsp3) is 0.571. The third-order valence-corrected chi connectivity index (χ3v) is 5.39. The van der Waals surface area contributed by atoms with Crippen LogP contribution in [0.15, 0.2) is 24.3 Å². The molecule has 1 saturated heterocycles. The fourth-order valence-electron chi connectivity index (χ4n) is 3.29. The van der Waals surface area contributed by atoms with Crippen molar-refractivity contribution < 1.29 is 14.4 Å². The summed E-state index contributed by atoms with van der Waals surface area (Å²) in [6.07, 6.45) is 2.71. The summed E-state index contributed by atoms with van der Waals surface area (Å²) in [4.78, 5) is 41.2. The average Bonchev–Trinajstić information content (AvgIpc) is 2.86. The zero-order valence-electron chi connectivity index (χ0n) is 17.0. The molecular weight excluding hydrogens is 342 g/mol. The minimum atomic E-state index is -1.14. The van der Waals surface area contributed by atoms with Gasteiger partial charge in [0.25, 0.3) is 5.91 Å². The number of hydrogen-bond acceptors (Lipinski definition) is 3. The topological polar surface area (TPSA) is 69.7 Å². The van der Waals surface area contributed by atoms with Gasteiger partial charge in [0, 0.05) is 12.6 Å². The maximum atomic E-state index is 13.0.